The van der Waals surface area contributed by atoms with Gasteiger partial charge in [-0.15, -0.1) is 0 Å². The number of nitrogens with zero attached hydrogens (tertiary/aromatic N) is 2. The molecule has 0 saturated heterocycles. The Labute approximate surface area is 113 Å². The van der Waals surface area contributed by atoms with Gasteiger partial charge in [-0.05, 0) is 31.6 Å². The normalized spacial score (nSPS) is 11.3. The van der Waals surface area contributed by atoms with Crippen LogP contribution in [-0.2, 0) is 6.54 Å². The van der Waals surface area contributed by atoms with Crippen LogP contribution in [0.5, 0.6) is 0 Å². The second-order valence-corrected chi connectivity index (χ2v) is 4.95. The average molecular weight is 259 g/mol. The molecule has 1 heterocycles. The molecular formula is C15H21N3O. The van der Waals surface area contributed by atoms with Crippen LogP contribution >= 0.6 is 0 Å². The average Bonchev–Trinajstić information content (AvgIpc) is 2.41. The number of likely N-dealkylation sites (N-methyl/N-ethyl adjacent to an activating group) is 1. The van der Waals surface area contributed by atoms with E-state index in [1.54, 1.807) is 4.57 Å². The van der Waals surface area contributed by atoms with E-state index < -0.39 is 0 Å². The first-order valence-corrected chi connectivity index (χ1v) is 6.62. The minimum absolute atomic E-state index is 0.0903. The lowest BCUT2D eigenvalue weighted by molar-refractivity contribution is 0.397. The summed E-state index contributed by atoms with van der Waals surface area (Å²) >= 11 is 0. The van der Waals surface area contributed by atoms with Crippen LogP contribution in [-0.4, -0.2) is 43.2 Å². The van der Waals surface area contributed by atoms with E-state index in [0.29, 0.717) is 6.54 Å². The van der Waals surface area contributed by atoms with Crippen LogP contribution < -0.4 is 10.9 Å². The van der Waals surface area contributed by atoms with Crippen molar-refractivity contribution in [3.63, 3.8) is 0 Å². The van der Waals surface area contributed by atoms with E-state index in [2.05, 4.69) is 24.3 Å². The molecule has 0 fully saturated rings. The van der Waals surface area contributed by atoms with Crippen LogP contribution in [0.25, 0.3) is 10.8 Å². The van der Waals surface area contributed by atoms with E-state index in [9.17, 15) is 4.79 Å². The Morgan fingerprint density at radius 3 is 2.74 bits per heavy atom. The van der Waals surface area contributed by atoms with Gasteiger partial charge in [0.05, 0.1) is 0 Å². The fourth-order valence-electron chi connectivity index (χ4n) is 2.03. The SMILES string of the molecule is CN(C)CCNCCn1ccc2ccccc2c1=O. The molecule has 0 unspecified atom stereocenters. The molecule has 0 radical (unpaired) electrons. The number of aromatic nitrogens is 1. The zero-order chi connectivity index (χ0) is 13.7. The molecule has 2 aromatic rings. The highest BCUT2D eigenvalue weighted by molar-refractivity contribution is 5.81. The second kappa shape index (κ2) is 6.50. The lowest BCUT2D eigenvalue weighted by Gasteiger charge is -2.11. The highest BCUT2D eigenvalue weighted by Gasteiger charge is 2.01. The fourth-order valence-corrected chi connectivity index (χ4v) is 2.03. The minimum atomic E-state index is 0.0903. The summed E-state index contributed by atoms with van der Waals surface area (Å²) in [5.74, 6) is 0. The van der Waals surface area contributed by atoms with E-state index in [-0.39, 0.29) is 5.56 Å². The summed E-state index contributed by atoms with van der Waals surface area (Å²) in [5, 5.41) is 5.13. The quantitative estimate of drug-likeness (QED) is 0.791. The van der Waals surface area contributed by atoms with Crippen LogP contribution in [0.4, 0.5) is 0 Å². The molecule has 1 aromatic heterocycles. The molecule has 4 nitrogen and oxygen atoms in total. The van der Waals surface area contributed by atoms with Gasteiger partial charge < -0.3 is 14.8 Å². The smallest absolute Gasteiger partial charge is 0.258 e. The van der Waals surface area contributed by atoms with Crippen molar-refractivity contribution in [3.8, 4) is 0 Å². The lowest BCUT2D eigenvalue weighted by Crippen LogP contribution is -2.31. The fraction of sp³-hybridized carbons (Fsp3) is 0.400. The Bertz CT molecular complexity index is 589. The number of benzene rings is 1. The first-order chi connectivity index (χ1) is 9.18. The Balaban J connectivity index is 1.98. The number of hydrogen-bond acceptors (Lipinski definition) is 3. The number of fused-ring (bicyclic) bond motifs is 1. The van der Waals surface area contributed by atoms with Crippen LogP contribution in [0.15, 0.2) is 41.3 Å². The maximum absolute atomic E-state index is 12.2. The Kier molecular flexibility index (Phi) is 4.71. The summed E-state index contributed by atoms with van der Waals surface area (Å²) in [4.78, 5) is 14.4. The molecule has 102 valence electrons. The highest BCUT2D eigenvalue weighted by atomic mass is 16.1. The molecule has 0 bridgehead atoms. The van der Waals surface area contributed by atoms with Crippen molar-refractivity contribution in [1.82, 2.24) is 14.8 Å². The number of hydrogen-bond donors (Lipinski definition) is 1. The standard InChI is InChI=1S/C15H21N3O/c1-17(2)11-8-16-9-12-18-10-7-13-5-3-4-6-14(13)15(18)19/h3-7,10,16H,8-9,11-12H2,1-2H3. The maximum atomic E-state index is 12.2. The number of nitrogens with one attached hydrogen (secondary N) is 1. The Hall–Kier alpha value is -1.65. The van der Waals surface area contributed by atoms with Crippen LogP contribution in [0.1, 0.15) is 0 Å². The zero-order valence-corrected chi connectivity index (χ0v) is 11.6. The van der Waals surface area contributed by atoms with Gasteiger partial charge in [0.1, 0.15) is 0 Å². The molecule has 0 aliphatic carbocycles. The van der Waals surface area contributed by atoms with Gasteiger partial charge in [0, 0.05) is 37.8 Å². The molecule has 0 spiro atoms. The Morgan fingerprint density at radius 2 is 1.95 bits per heavy atom. The molecule has 2 rings (SSSR count). The minimum Gasteiger partial charge on any atom is -0.314 e. The Morgan fingerprint density at radius 1 is 1.16 bits per heavy atom. The van der Waals surface area contributed by atoms with Crippen LogP contribution in [0, 0.1) is 0 Å². The first-order valence-electron chi connectivity index (χ1n) is 6.62. The molecule has 19 heavy (non-hydrogen) atoms. The summed E-state index contributed by atoms with van der Waals surface area (Å²) < 4.78 is 1.77. The van der Waals surface area contributed by atoms with Gasteiger partial charge in [-0.25, -0.2) is 0 Å². The molecule has 0 aliphatic rings. The van der Waals surface area contributed by atoms with Crippen molar-refractivity contribution in [2.24, 2.45) is 0 Å². The molecule has 0 aliphatic heterocycles. The maximum Gasteiger partial charge on any atom is 0.258 e. The first kappa shape index (κ1) is 13.8. The van der Waals surface area contributed by atoms with Gasteiger partial charge >= 0.3 is 0 Å². The third-order valence-electron chi connectivity index (χ3n) is 3.15. The summed E-state index contributed by atoms with van der Waals surface area (Å²) in [6.45, 7) is 3.46. The van der Waals surface area contributed by atoms with E-state index in [0.717, 1.165) is 30.4 Å². The molecule has 0 saturated carbocycles. The summed E-state index contributed by atoms with van der Waals surface area (Å²) in [6, 6.07) is 9.71. The molecule has 1 N–H and O–H groups in total. The van der Waals surface area contributed by atoms with E-state index >= 15 is 0 Å². The predicted octanol–water partition coefficient (Wildman–Crippen LogP) is 1.15. The van der Waals surface area contributed by atoms with E-state index in [1.165, 1.54) is 0 Å². The monoisotopic (exact) mass is 259 g/mol. The summed E-state index contributed by atoms with van der Waals surface area (Å²) in [5.41, 5.74) is 0.0903. The zero-order valence-electron chi connectivity index (χ0n) is 11.6. The summed E-state index contributed by atoms with van der Waals surface area (Å²) in [6.07, 6.45) is 1.87. The molecule has 0 amide bonds. The number of rotatable bonds is 6. The van der Waals surface area contributed by atoms with Gasteiger partial charge in [-0.3, -0.25) is 4.79 Å². The van der Waals surface area contributed by atoms with Crippen molar-refractivity contribution in [1.29, 1.82) is 0 Å². The molecule has 1 aromatic carbocycles. The number of pyridine rings is 1. The van der Waals surface area contributed by atoms with Crippen LogP contribution in [0.2, 0.25) is 0 Å². The summed E-state index contributed by atoms with van der Waals surface area (Å²) in [7, 11) is 4.10. The van der Waals surface area contributed by atoms with Crippen molar-refractivity contribution in [2.45, 2.75) is 6.54 Å². The molecule has 0 atom stereocenters. The van der Waals surface area contributed by atoms with Gasteiger partial charge in [0.25, 0.3) is 5.56 Å². The second-order valence-electron chi connectivity index (χ2n) is 4.95. The largest absolute Gasteiger partial charge is 0.314 e. The van der Waals surface area contributed by atoms with Gasteiger partial charge in [0.2, 0.25) is 0 Å². The highest BCUT2D eigenvalue weighted by Crippen LogP contribution is 2.07. The van der Waals surface area contributed by atoms with Crippen molar-refractivity contribution < 1.29 is 0 Å². The molecule has 4 heteroatoms. The topological polar surface area (TPSA) is 37.3 Å². The van der Waals surface area contributed by atoms with Crippen molar-refractivity contribution >= 4 is 10.8 Å². The van der Waals surface area contributed by atoms with Crippen LogP contribution in [0.3, 0.4) is 0 Å². The predicted molar refractivity (Wildman–Crippen MR) is 79.6 cm³/mol. The van der Waals surface area contributed by atoms with Crippen molar-refractivity contribution in [2.75, 3.05) is 33.7 Å². The lowest BCUT2D eigenvalue weighted by atomic mass is 10.2. The van der Waals surface area contributed by atoms with Gasteiger partial charge in [0.15, 0.2) is 0 Å². The van der Waals surface area contributed by atoms with Gasteiger partial charge in [-0.1, -0.05) is 18.2 Å². The third kappa shape index (κ3) is 3.66. The van der Waals surface area contributed by atoms with E-state index in [4.69, 9.17) is 0 Å². The van der Waals surface area contributed by atoms with E-state index in [1.807, 2.05) is 36.5 Å². The third-order valence-corrected chi connectivity index (χ3v) is 3.15. The van der Waals surface area contributed by atoms with Crippen molar-refractivity contribution in [3.05, 3.63) is 46.9 Å². The van der Waals surface area contributed by atoms with Gasteiger partial charge in [-0.2, -0.15) is 0 Å². The molecular weight excluding hydrogens is 238 g/mol.